The fourth-order valence-electron chi connectivity index (χ4n) is 1.68. The fourth-order valence-corrected chi connectivity index (χ4v) is 1.95. The normalized spacial score (nSPS) is 11.5. The van der Waals surface area contributed by atoms with Gasteiger partial charge in [-0.1, -0.05) is 13.8 Å². The molecule has 0 aliphatic heterocycles. The van der Waals surface area contributed by atoms with Gasteiger partial charge in [0.2, 0.25) is 0 Å². The van der Waals surface area contributed by atoms with Gasteiger partial charge in [-0.3, -0.25) is 0 Å². The molecular formula is C11H15N3S. The zero-order valence-corrected chi connectivity index (χ0v) is 10.1. The molecule has 1 N–H and O–H groups in total. The van der Waals surface area contributed by atoms with E-state index in [9.17, 15) is 0 Å². The molecule has 0 unspecified atom stereocenters. The molecule has 2 rings (SSSR count). The third kappa shape index (κ3) is 1.95. The van der Waals surface area contributed by atoms with Crippen LogP contribution in [0.25, 0.3) is 11.2 Å². The zero-order valence-electron chi connectivity index (χ0n) is 9.24. The molecule has 2 aromatic rings. The van der Waals surface area contributed by atoms with Crippen molar-refractivity contribution in [2.75, 3.05) is 0 Å². The molecule has 0 aromatic carbocycles. The Morgan fingerprint density at radius 2 is 2.27 bits per heavy atom. The standard InChI is InChI=1S/C11H15N3S/c1-7(2)6-14-10-9(13-11(14)15)4-8(3)5-12-10/h4-5,7H,6H2,1-3H3,(H,13,15). The van der Waals surface area contributed by atoms with Crippen LogP contribution in [0.2, 0.25) is 0 Å². The minimum absolute atomic E-state index is 0.568. The van der Waals surface area contributed by atoms with Crippen molar-refractivity contribution in [1.82, 2.24) is 14.5 Å². The Morgan fingerprint density at radius 1 is 1.53 bits per heavy atom. The van der Waals surface area contributed by atoms with Gasteiger partial charge in [0, 0.05) is 12.7 Å². The summed E-state index contributed by atoms with van der Waals surface area (Å²) < 4.78 is 2.83. The molecule has 4 heteroatoms. The van der Waals surface area contributed by atoms with E-state index in [0.29, 0.717) is 5.92 Å². The molecule has 0 saturated carbocycles. The Balaban J connectivity index is 2.63. The van der Waals surface area contributed by atoms with E-state index < -0.39 is 0 Å². The Kier molecular flexibility index (Phi) is 2.61. The fraction of sp³-hybridized carbons (Fsp3) is 0.455. The summed E-state index contributed by atoms with van der Waals surface area (Å²) in [6.07, 6.45) is 1.88. The van der Waals surface area contributed by atoms with Gasteiger partial charge in [-0.25, -0.2) is 4.98 Å². The Hall–Kier alpha value is -1.16. The number of fused-ring (bicyclic) bond motifs is 1. The van der Waals surface area contributed by atoms with Crippen LogP contribution in [-0.2, 0) is 6.54 Å². The molecule has 0 fully saturated rings. The van der Waals surface area contributed by atoms with Gasteiger partial charge in [-0.2, -0.15) is 0 Å². The molecule has 2 aromatic heterocycles. The van der Waals surface area contributed by atoms with Crippen LogP contribution in [-0.4, -0.2) is 14.5 Å². The number of nitrogens with one attached hydrogen (secondary N) is 1. The number of aromatic nitrogens is 3. The number of rotatable bonds is 2. The van der Waals surface area contributed by atoms with Crippen molar-refractivity contribution < 1.29 is 0 Å². The summed E-state index contributed by atoms with van der Waals surface area (Å²) in [4.78, 5) is 7.61. The molecule has 2 heterocycles. The summed E-state index contributed by atoms with van der Waals surface area (Å²) >= 11 is 5.28. The maximum Gasteiger partial charge on any atom is 0.179 e. The Bertz CT molecular complexity index is 536. The highest BCUT2D eigenvalue weighted by Gasteiger charge is 2.06. The van der Waals surface area contributed by atoms with Crippen LogP contribution in [0.1, 0.15) is 19.4 Å². The van der Waals surface area contributed by atoms with Gasteiger partial charge in [-0.15, -0.1) is 0 Å². The molecule has 80 valence electrons. The number of H-pyrrole nitrogens is 1. The number of hydrogen-bond acceptors (Lipinski definition) is 2. The van der Waals surface area contributed by atoms with Crippen LogP contribution in [0, 0.1) is 17.6 Å². The monoisotopic (exact) mass is 221 g/mol. The smallest absolute Gasteiger partial charge is 0.179 e. The average molecular weight is 221 g/mol. The van der Waals surface area contributed by atoms with Crippen molar-refractivity contribution in [2.45, 2.75) is 27.3 Å². The lowest BCUT2D eigenvalue weighted by atomic mass is 10.2. The lowest BCUT2D eigenvalue weighted by Crippen LogP contribution is -2.04. The van der Waals surface area contributed by atoms with E-state index in [1.165, 1.54) is 0 Å². The number of aromatic amines is 1. The first-order chi connectivity index (χ1) is 7.08. The van der Waals surface area contributed by atoms with Crippen LogP contribution < -0.4 is 0 Å². The topological polar surface area (TPSA) is 33.6 Å². The summed E-state index contributed by atoms with van der Waals surface area (Å²) in [5.41, 5.74) is 3.13. The van der Waals surface area contributed by atoms with E-state index >= 15 is 0 Å². The number of pyridine rings is 1. The van der Waals surface area contributed by atoms with Crippen LogP contribution >= 0.6 is 12.2 Å². The second kappa shape index (κ2) is 3.77. The highest BCUT2D eigenvalue weighted by molar-refractivity contribution is 7.71. The molecule has 0 amide bonds. The lowest BCUT2D eigenvalue weighted by Gasteiger charge is -2.06. The molecule has 0 saturated heterocycles. The van der Waals surface area contributed by atoms with E-state index in [2.05, 4.69) is 34.4 Å². The van der Waals surface area contributed by atoms with E-state index in [1.54, 1.807) is 0 Å². The van der Waals surface area contributed by atoms with E-state index in [-0.39, 0.29) is 0 Å². The first kappa shape index (κ1) is 10.4. The minimum Gasteiger partial charge on any atom is -0.329 e. The molecule has 3 nitrogen and oxygen atoms in total. The maximum atomic E-state index is 5.28. The highest BCUT2D eigenvalue weighted by Crippen LogP contribution is 2.14. The SMILES string of the molecule is Cc1cnc2c(c1)[nH]c(=S)n2CC(C)C. The summed E-state index contributed by atoms with van der Waals surface area (Å²) in [7, 11) is 0. The average Bonchev–Trinajstić information content (AvgIpc) is 2.41. The van der Waals surface area contributed by atoms with Gasteiger partial charge < -0.3 is 9.55 Å². The maximum absolute atomic E-state index is 5.28. The molecule has 0 atom stereocenters. The Morgan fingerprint density at radius 3 is 2.93 bits per heavy atom. The van der Waals surface area contributed by atoms with Crippen LogP contribution in [0.15, 0.2) is 12.3 Å². The first-order valence-corrected chi connectivity index (χ1v) is 5.54. The highest BCUT2D eigenvalue weighted by atomic mass is 32.1. The molecular weight excluding hydrogens is 206 g/mol. The minimum atomic E-state index is 0.568. The summed E-state index contributed by atoms with van der Waals surface area (Å²) in [5.74, 6) is 0.568. The zero-order chi connectivity index (χ0) is 11.0. The lowest BCUT2D eigenvalue weighted by molar-refractivity contribution is 0.526. The summed E-state index contributed by atoms with van der Waals surface area (Å²) in [6.45, 7) is 7.29. The van der Waals surface area contributed by atoms with Gasteiger partial charge in [0.25, 0.3) is 0 Å². The number of aryl methyl sites for hydroxylation is 1. The van der Waals surface area contributed by atoms with Gasteiger partial charge in [0.15, 0.2) is 10.4 Å². The predicted molar refractivity (Wildman–Crippen MR) is 64.5 cm³/mol. The van der Waals surface area contributed by atoms with Crippen LogP contribution in [0.4, 0.5) is 0 Å². The number of imidazole rings is 1. The number of hydrogen-bond donors (Lipinski definition) is 1. The second-order valence-corrected chi connectivity index (χ2v) is 4.71. The molecule has 0 aliphatic carbocycles. The van der Waals surface area contributed by atoms with Crippen molar-refractivity contribution >= 4 is 23.4 Å². The van der Waals surface area contributed by atoms with Crippen LogP contribution in [0.3, 0.4) is 0 Å². The van der Waals surface area contributed by atoms with Crippen LogP contribution in [0.5, 0.6) is 0 Å². The largest absolute Gasteiger partial charge is 0.329 e. The van der Waals surface area contributed by atoms with Gasteiger partial charge in [-0.05, 0) is 36.7 Å². The summed E-state index contributed by atoms with van der Waals surface area (Å²) in [5, 5.41) is 0. The first-order valence-electron chi connectivity index (χ1n) is 5.13. The van der Waals surface area contributed by atoms with E-state index in [4.69, 9.17) is 12.2 Å². The van der Waals surface area contributed by atoms with Crippen molar-refractivity contribution in [3.05, 3.63) is 22.6 Å². The van der Waals surface area contributed by atoms with Crippen molar-refractivity contribution in [3.63, 3.8) is 0 Å². The molecule has 15 heavy (non-hydrogen) atoms. The predicted octanol–water partition coefficient (Wildman–Crippen LogP) is 3.06. The van der Waals surface area contributed by atoms with E-state index in [1.807, 2.05) is 13.1 Å². The molecule has 0 spiro atoms. The summed E-state index contributed by atoms with van der Waals surface area (Å²) in [6, 6.07) is 2.08. The van der Waals surface area contributed by atoms with Gasteiger partial charge in [0.05, 0.1) is 5.52 Å². The number of nitrogens with zero attached hydrogens (tertiary/aromatic N) is 2. The van der Waals surface area contributed by atoms with Gasteiger partial charge >= 0.3 is 0 Å². The third-order valence-corrected chi connectivity index (χ3v) is 2.62. The van der Waals surface area contributed by atoms with Crippen molar-refractivity contribution in [1.29, 1.82) is 0 Å². The Labute approximate surface area is 94.2 Å². The van der Waals surface area contributed by atoms with Gasteiger partial charge in [0.1, 0.15) is 0 Å². The molecule has 0 radical (unpaired) electrons. The van der Waals surface area contributed by atoms with E-state index in [0.717, 1.165) is 28.0 Å². The van der Waals surface area contributed by atoms with Crippen molar-refractivity contribution in [2.24, 2.45) is 5.92 Å². The molecule has 0 bridgehead atoms. The third-order valence-electron chi connectivity index (χ3n) is 2.29. The second-order valence-electron chi connectivity index (χ2n) is 4.32. The quantitative estimate of drug-likeness (QED) is 0.791. The molecule has 0 aliphatic rings. The van der Waals surface area contributed by atoms with Crippen molar-refractivity contribution in [3.8, 4) is 0 Å².